The van der Waals surface area contributed by atoms with E-state index < -0.39 is 11.4 Å². The van der Waals surface area contributed by atoms with Crippen LogP contribution in [0.15, 0.2) is 18.2 Å². The van der Waals surface area contributed by atoms with Gasteiger partial charge in [-0.15, -0.1) is 0 Å². The van der Waals surface area contributed by atoms with Gasteiger partial charge in [-0.2, -0.15) is 5.26 Å². The Morgan fingerprint density at radius 1 is 1.60 bits per heavy atom. The van der Waals surface area contributed by atoms with Gasteiger partial charge < -0.3 is 10.0 Å². The molecule has 1 saturated heterocycles. The number of piperidine rings is 1. The van der Waals surface area contributed by atoms with Crippen molar-refractivity contribution in [2.24, 2.45) is 5.41 Å². The van der Waals surface area contributed by atoms with E-state index in [4.69, 9.17) is 5.26 Å². The molecule has 0 spiro atoms. The second kappa shape index (κ2) is 5.91. The number of carbonyl (C=O) groups is 1. The van der Waals surface area contributed by atoms with Gasteiger partial charge in [-0.1, -0.05) is 19.4 Å². The number of aliphatic carboxylic acids is 1. The molecule has 20 heavy (non-hydrogen) atoms. The van der Waals surface area contributed by atoms with Crippen LogP contribution in [0.5, 0.6) is 0 Å². The molecule has 1 aromatic rings. The summed E-state index contributed by atoms with van der Waals surface area (Å²) in [7, 11) is 0. The number of hydrogen-bond donors (Lipinski definition) is 1. The highest BCUT2D eigenvalue weighted by atomic mass is 16.4. The zero-order chi connectivity index (χ0) is 14.6. The summed E-state index contributed by atoms with van der Waals surface area (Å²) in [6, 6.07) is 7.31. The molecule has 1 aliphatic rings. The lowest BCUT2D eigenvalue weighted by Crippen LogP contribution is -2.48. The summed E-state index contributed by atoms with van der Waals surface area (Å²) >= 11 is 0. The fourth-order valence-electron chi connectivity index (χ4n) is 2.95. The number of anilines is 1. The Morgan fingerprint density at radius 2 is 2.40 bits per heavy atom. The molecule has 5 nitrogen and oxygen atoms in total. The van der Waals surface area contributed by atoms with Crippen molar-refractivity contribution in [3.8, 4) is 6.07 Å². The van der Waals surface area contributed by atoms with Gasteiger partial charge in [0.15, 0.2) is 0 Å². The molecule has 1 atom stereocenters. The van der Waals surface area contributed by atoms with E-state index in [0.29, 0.717) is 30.9 Å². The Morgan fingerprint density at radius 3 is 3.05 bits per heavy atom. The van der Waals surface area contributed by atoms with Gasteiger partial charge in [-0.05, 0) is 31.4 Å². The second-order valence-corrected chi connectivity index (χ2v) is 5.35. The van der Waals surface area contributed by atoms with Gasteiger partial charge in [0.2, 0.25) is 0 Å². The molecule has 1 aliphatic heterocycles. The third-order valence-electron chi connectivity index (χ3n) is 3.93. The number of carboxylic acid groups (broad SMARTS) is 1. The number of pyridine rings is 1. The SMILES string of the molecule is CCCC1(C(=O)O)CCCN(c2cccc(C#N)n2)C1. The van der Waals surface area contributed by atoms with Gasteiger partial charge in [0.1, 0.15) is 17.6 Å². The van der Waals surface area contributed by atoms with Crippen molar-refractivity contribution >= 4 is 11.8 Å². The summed E-state index contributed by atoms with van der Waals surface area (Å²) in [5, 5.41) is 18.5. The predicted molar refractivity (Wildman–Crippen MR) is 75.4 cm³/mol. The first-order chi connectivity index (χ1) is 9.61. The van der Waals surface area contributed by atoms with Gasteiger partial charge in [-0.3, -0.25) is 4.79 Å². The highest BCUT2D eigenvalue weighted by Gasteiger charge is 2.41. The van der Waals surface area contributed by atoms with Crippen LogP contribution >= 0.6 is 0 Å². The molecular formula is C15H19N3O2. The third kappa shape index (κ3) is 2.74. The normalized spacial score (nSPS) is 22.3. The maximum atomic E-state index is 11.7. The first-order valence-corrected chi connectivity index (χ1v) is 6.97. The van der Waals surface area contributed by atoms with Crippen LogP contribution in [-0.4, -0.2) is 29.1 Å². The highest BCUT2D eigenvalue weighted by Crippen LogP contribution is 2.36. The van der Waals surface area contributed by atoms with Gasteiger partial charge in [-0.25, -0.2) is 4.98 Å². The minimum atomic E-state index is -0.722. The van der Waals surface area contributed by atoms with Gasteiger partial charge in [0, 0.05) is 13.1 Å². The van der Waals surface area contributed by atoms with E-state index in [1.807, 2.05) is 24.0 Å². The topological polar surface area (TPSA) is 77.2 Å². The van der Waals surface area contributed by atoms with E-state index in [1.165, 1.54) is 0 Å². The molecule has 0 aromatic carbocycles. The summed E-state index contributed by atoms with van der Waals surface area (Å²) in [4.78, 5) is 17.9. The van der Waals surface area contributed by atoms with E-state index in [1.54, 1.807) is 12.1 Å². The van der Waals surface area contributed by atoms with E-state index >= 15 is 0 Å². The van der Waals surface area contributed by atoms with Gasteiger partial charge >= 0.3 is 5.97 Å². The van der Waals surface area contributed by atoms with Crippen molar-refractivity contribution in [1.82, 2.24) is 4.98 Å². The predicted octanol–water partition coefficient (Wildman–Crippen LogP) is 2.42. The molecule has 1 N–H and O–H groups in total. The van der Waals surface area contributed by atoms with Crippen LogP contribution in [0.3, 0.4) is 0 Å². The molecule has 0 aliphatic carbocycles. The molecule has 0 radical (unpaired) electrons. The van der Waals surface area contributed by atoms with E-state index in [0.717, 1.165) is 19.4 Å². The van der Waals surface area contributed by atoms with Gasteiger partial charge in [0.25, 0.3) is 0 Å². The molecule has 1 aromatic heterocycles. The van der Waals surface area contributed by atoms with Crippen molar-refractivity contribution in [2.45, 2.75) is 32.6 Å². The first-order valence-electron chi connectivity index (χ1n) is 6.97. The minimum Gasteiger partial charge on any atom is -0.481 e. The molecule has 0 bridgehead atoms. The Kier molecular flexibility index (Phi) is 4.23. The largest absolute Gasteiger partial charge is 0.481 e. The van der Waals surface area contributed by atoms with Crippen LogP contribution in [0.25, 0.3) is 0 Å². The molecule has 0 saturated carbocycles. The summed E-state index contributed by atoms with van der Waals surface area (Å²) in [5.41, 5.74) is -0.318. The second-order valence-electron chi connectivity index (χ2n) is 5.35. The van der Waals surface area contributed by atoms with E-state index in [-0.39, 0.29) is 0 Å². The average molecular weight is 273 g/mol. The molecule has 0 amide bonds. The van der Waals surface area contributed by atoms with Crippen molar-refractivity contribution < 1.29 is 9.90 Å². The summed E-state index contributed by atoms with van der Waals surface area (Å²) < 4.78 is 0. The zero-order valence-electron chi connectivity index (χ0n) is 11.7. The van der Waals surface area contributed by atoms with Crippen LogP contribution < -0.4 is 4.90 Å². The lowest BCUT2D eigenvalue weighted by atomic mass is 9.76. The Labute approximate surface area is 118 Å². The Hall–Kier alpha value is -2.09. The quantitative estimate of drug-likeness (QED) is 0.911. The average Bonchev–Trinajstić information content (AvgIpc) is 2.48. The molecule has 2 rings (SSSR count). The Bertz CT molecular complexity index is 534. The fraction of sp³-hybridized carbons (Fsp3) is 0.533. The van der Waals surface area contributed by atoms with E-state index in [2.05, 4.69) is 4.98 Å². The van der Waals surface area contributed by atoms with Crippen molar-refractivity contribution in [3.63, 3.8) is 0 Å². The smallest absolute Gasteiger partial charge is 0.311 e. The number of carboxylic acids is 1. The van der Waals surface area contributed by atoms with Crippen molar-refractivity contribution in [2.75, 3.05) is 18.0 Å². The molecular weight excluding hydrogens is 254 g/mol. The number of nitrogens with zero attached hydrogens (tertiary/aromatic N) is 3. The Balaban J connectivity index is 2.25. The number of nitriles is 1. The van der Waals surface area contributed by atoms with Crippen LogP contribution in [0.4, 0.5) is 5.82 Å². The molecule has 1 fully saturated rings. The fourth-order valence-corrected chi connectivity index (χ4v) is 2.95. The van der Waals surface area contributed by atoms with Crippen molar-refractivity contribution in [1.29, 1.82) is 5.26 Å². The van der Waals surface area contributed by atoms with Crippen LogP contribution in [0.1, 0.15) is 38.3 Å². The molecule has 106 valence electrons. The van der Waals surface area contributed by atoms with Crippen LogP contribution in [-0.2, 0) is 4.79 Å². The van der Waals surface area contributed by atoms with Crippen LogP contribution in [0.2, 0.25) is 0 Å². The maximum Gasteiger partial charge on any atom is 0.311 e. The molecule has 1 unspecified atom stereocenters. The van der Waals surface area contributed by atoms with E-state index in [9.17, 15) is 9.90 Å². The van der Waals surface area contributed by atoms with Crippen molar-refractivity contribution in [3.05, 3.63) is 23.9 Å². The number of aromatic nitrogens is 1. The first kappa shape index (κ1) is 14.3. The monoisotopic (exact) mass is 273 g/mol. The molecule has 2 heterocycles. The highest BCUT2D eigenvalue weighted by molar-refractivity contribution is 5.76. The lowest BCUT2D eigenvalue weighted by Gasteiger charge is -2.40. The van der Waals surface area contributed by atoms with Gasteiger partial charge in [0.05, 0.1) is 5.41 Å². The number of rotatable bonds is 4. The summed E-state index contributed by atoms with van der Waals surface area (Å²) in [6.45, 7) is 3.27. The summed E-state index contributed by atoms with van der Waals surface area (Å²) in [6.07, 6.45) is 3.08. The standard InChI is InChI=1S/C15H19N3O2/c1-2-7-15(14(19)20)8-4-9-18(11-15)13-6-3-5-12(10-16)17-13/h3,5-6H,2,4,7-9,11H2,1H3,(H,19,20). The maximum absolute atomic E-state index is 11.7. The van der Waals surface area contributed by atoms with Crippen LogP contribution in [0, 0.1) is 16.7 Å². The number of hydrogen-bond acceptors (Lipinski definition) is 4. The summed E-state index contributed by atoms with van der Waals surface area (Å²) in [5.74, 6) is -0.0223. The lowest BCUT2D eigenvalue weighted by molar-refractivity contribution is -0.150. The zero-order valence-corrected chi connectivity index (χ0v) is 11.7. The minimum absolute atomic E-state index is 0.365. The molecule has 5 heteroatoms. The third-order valence-corrected chi connectivity index (χ3v) is 3.93.